The van der Waals surface area contributed by atoms with Gasteiger partial charge in [0.1, 0.15) is 22.9 Å². The van der Waals surface area contributed by atoms with E-state index < -0.39 is 5.97 Å². The van der Waals surface area contributed by atoms with E-state index in [1.54, 1.807) is 11.8 Å². The normalized spacial score (nSPS) is 14.1. The number of nitrogens with zero attached hydrogens (tertiary/aromatic N) is 3. The molecule has 1 aliphatic heterocycles. The van der Waals surface area contributed by atoms with E-state index in [0.29, 0.717) is 47.0 Å². The molecule has 1 amide bonds. The van der Waals surface area contributed by atoms with Crippen LogP contribution < -0.4 is 5.56 Å². The molecule has 1 aromatic carbocycles. The van der Waals surface area contributed by atoms with Crippen LogP contribution in [0.1, 0.15) is 20.8 Å². The zero-order valence-corrected chi connectivity index (χ0v) is 17.3. The molecule has 0 unspecified atom stereocenters. The van der Waals surface area contributed by atoms with Crippen molar-refractivity contribution < 1.29 is 19.1 Å². The van der Waals surface area contributed by atoms with E-state index in [4.69, 9.17) is 9.47 Å². The third-order valence-corrected chi connectivity index (χ3v) is 6.16. The Labute approximate surface area is 176 Å². The number of esters is 1. The van der Waals surface area contributed by atoms with Crippen LogP contribution in [0.25, 0.3) is 10.2 Å². The third-order valence-electron chi connectivity index (χ3n) is 4.98. The van der Waals surface area contributed by atoms with Crippen LogP contribution in [-0.2, 0) is 27.4 Å². The van der Waals surface area contributed by atoms with Crippen LogP contribution in [0.3, 0.4) is 0 Å². The first-order valence-electron chi connectivity index (χ1n) is 9.59. The summed E-state index contributed by atoms with van der Waals surface area (Å²) in [5.41, 5.74) is 1.07. The number of aromatic nitrogens is 2. The van der Waals surface area contributed by atoms with Crippen LogP contribution in [0.15, 0.2) is 41.5 Å². The average molecular weight is 427 g/mol. The Hall–Kier alpha value is -3.04. The van der Waals surface area contributed by atoms with Gasteiger partial charge >= 0.3 is 5.97 Å². The topological polar surface area (TPSA) is 90.7 Å². The fourth-order valence-corrected chi connectivity index (χ4v) is 4.35. The number of aryl methyl sites for hydroxylation is 1. The molecule has 0 saturated carbocycles. The standard InChI is InChI=1S/C21H21N3O5S/c1-14-17-19(30-18(14)21(27)29-12-15-5-3-2-4-6-15)22-13-24(20(17)26)11-16(25)23-7-9-28-10-8-23/h2-6,13H,7-12H2,1H3. The molecular weight excluding hydrogens is 406 g/mol. The minimum Gasteiger partial charge on any atom is -0.457 e. The van der Waals surface area contributed by atoms with Gasteiger partial charge in [0.15, 0.2) is 0 Å². The lowest BCUT2D eigenvalue weighted by Gasteiger charge is -2.26. The number of benzene rings is 1. The van der Waals surface area contributed by atoms with Crippen molar-refractivity contribution in [3.63, 3.8) is 0 Å². The van der Waals surface area contributed by atoms with Crippen molar-refractivity contribution in [2.45, 2.75) is 20.1 Å². The molecule has 3 heterocycles. The molecule has 30 heavy (non-hydrogen) atoms. The Balaban J connectivity index is 1.54. The summed E-state index contributed by atoms with van der Waals surface area (Å²) in [5, 5.41) is 0.351. The van der Waals surface area contributed by atoms with Gasteiger partial charge in [-0.2, -0.15) is 0 Å². The number of carbonyl (C=O) groups is 2. The van der Waals surface area contributed by atoms with E-state index in [2.05, 4.69) is 4.98 Å². The second kappa shape index (κ2) is 8.76. The summed E-state index contributed by atoms with van der Waals surface area (Å²) in [5.74, 6) is -0.647. The molecule has 2 aromatic heterocycles. The van der Waals surface area contributed by atoms with Gasteiger partial charge < -0.3 is 14.4 Å². The minimum atomic E-state index is -0.491. The van der Waals surface area contributed by atoms with Gasteiger partial charge in [0.25, 0.3) is 5.56 Å². The predicted octanol–water partition coefficient (Wildman–Crippen LogP) is 1.98. The number of morpholine rings is 1. The first kappa shape index (κ1) is 20.2. The fraction of sp³-hybridized carbons (Fsp3) is 0.333. The van der Waals surface area contributed by atoms with Crippen LogP contribution in [0, 0.1) is 6.92 Å². The summed E-state index contributed by atoms with van der Waals surface area (Å²) in [6, 6.07) is 9.38. The monoisotopic (exact) mass is 427 g/mol. The zero-order valence-electron chi connectivity index (χ0n) is 16.5. The molecule has 0 spiro atoms. The van der Waals surface area contributed by atoms with Gasteiger partial charge in [-0.05, 0) is 18.1 Å². The van der Waals surface area contributed by atoms with Crippen molar-refractivity contribution >= 4 is 33.4 Å². The summed E-state index contributed by atoms with van der Waals surface area (Å²) >= 11 is 1.13. The summed E-state index contributed by atoms with van der Waals surface area (Å²) in [4.78, 5) is 44.8. The molecular formula is C21H21N3O5S. The van der Waals surface area contributed by atoms with E-state index in [-0.39, 0.29) is 24.6 Å². The number of carbonyl (C=O) groups excluding carboxylic acids is 2. The second-order valence-corrected chi connectivity index (χ2v) is 7.97. The molecule has 3 aromatic rings. The SMILES string of the molecule is Cc1c(C(=O)OCc2ccccc2)sc2ncn(CC(=O)N3CCOCC3)c(=O)c12. The molecule has 9 heteroatoms. The Bertz CT molecular complexity index is 1130. The lowest BCUT2D eigenvalue weighted by molar-refractivity contribution is -0.135. The average Bonchev–Trinajstić information content (AvgIpc) is 3.12. The maximum atomic E-state index is 13.0. The van der Waals surface area contributed by atoms with Gasteiger partial charge in [0.2, 0.25) is 5.91 Å². The van der Waals surface area contributed by atoms with Gasteiger partial charge in [-0.25, -0.2) is 9.78 Å². The summed E-state index contributed by atoms with van der Waals surface area (Å²) in [6.07, 6.45) is 1.36. The maximum Gasteiger partial charge on any atom is 0.349 e. The quantitative estimate of drug-likeness (QED) is 0.579. The van der Waals surface area contributed by atoms with Gasteiger partial charge in [-0.1, -0.05) is 30.3 Å². The van der Waals surface area contributed by atoms with Crippen molar-refractivity contribution in [1.82, 2.24) is 14.5 Å². The van der Waals surface area contributed by atoms with Crippen molar-refractivity contribution in [3.05, 3.63) is 63.0 Å². The smallest absolute Gasteiger partial charge is 0.349 e. The van der Waals surface area contributed by atoms with Crippen LogP contribution >= 0.6 is 11.3 Å². The van der Waals surface area contributed by atoms with Crippen molar-refractivity contribution in [1.29, 1.82) is 0 Å². The highest BCUT2D eigenvalue weighted by molar-refractivity contribution is 7.20. The highest BCUT2D eigenvalue weighted by atomic mass is 32.1. The third kappa shape index (κ3) is 4.12. The van der Waals surface area contributed by atoms with Crippen molar-refractivity contribution in [3.8, 4) is 0 Å². The number of ether oxygens (including phenoxy) is 2. The van der Waals surface area contributed by atoms with Crippen LogP contribution in [0.2, 0.25) is 0 Å². The second-order valence-electron chi connectivity index (χ2n) is 6.97. The number of hydrogen-bond donors (Lipinski definition) is 0. The Morgan fingerprint density at radius 1 is 1.20 bits per heavy atom. The highest BCUT2D eigenvalue weighted by Crippen LogP contribution is 2.27. The molecule has 4 rings (SSSR count). The highest BCUT2D eigenvalue weighted by Gasteiger charge is 2.22. The first-order chi connectivity index (χ1) is 14.5. The van der Waals surface area contributed by atoms with Crippen molar-refractivity contribution in [2.75, 3.05) is 26.3 Å². The molecule has 0 aliphatic carbocycles. The number of amides is 1. The number of hydrogen-bond acceptors (Lipinski definition) is 7. The zero-order chi connectivity index (χ0) is 21.1. The molecule has 1 saturated heterocycles. The molecule has 0 atom stereocenters. The Kier molecular flexibility index (Phi) is 5.91. The predicted molar refractivity (Wildman–Crippen MR) is 112 cm³/mol. The van der Waals surface area contributed by atoms with E-state index >= 15 is 0 Å². The summed E-state index contributed by atoms with van der Waals surface area (Å²) in [7, 11) is 0. The molecule has 0 N–H and O–H groups in total. The van der Waals surface area contributed by atoms with Crippen LogP contribution in [-0.4, -0.2) is 52.6 Å². The minimum absolute atomic E-state index is 0.0924. The van der Waals surface area contributed by atoms with Crippen LogP contribution in [0.4, 0.5) is 0 Å². The molecule has 1 aliphatic rings. The number of rotatable bonds is 5. The lowest BCUT2D eigenvalue weighted by Crippen LogP contribution is -2.43. The molecule has 0 bridgehead atoms. The van der Waals surface area contributed by atoms with Gasteiger partial charge in [-0.15, -0.1) is 11.3 Å². The lowest BCUT2D eigenvalue weighted by atomic mass is 10.2. The van der Waals surface area contributed by atoms with E-state index in [0.717, 1.165) is 16.9 Å². The molecule has 0 radical (unpaired) electrons. The van der Waals surface area contributed by atoms with Gasteiger partial charge in [0.05, 0.1) is 24.9 Å². The maximum absolute atomic E-state index is 13.0. The molecule has 156 valence electrons. The van der Waals surface area contributed by atoms with Gasteiger partial charge in [-0.3, -0.25) is 14.2 Å². The molecule has 1 fully saturated rings. The first-order valence-corrected chi connectivity index (χ1v) is 10.4. The van der Waals surface area contributed by atoms with Crippen molar-refractivity contribution in [2.24, 2.45) is 0 Å². The summed E-state index contributed by atoms with van der Waals surface area (Å²) < 4.78 is 11.9. The summed E-state index contributed by atoms with van der Waals surface area (Å²) in [6.45, 7) is 3.78. The number of thiophene rings is 1. The van der Waals surface area contributed by atoms with Crippen LogP contribution in [0.5, 0.6) is 0 Å². The van der Waals surface area contributed by atoms with Gasteiger partial charge in [0, 0.05) is 13.1 Å². The number of fused-ring (bicyclic) bond motifs is 1. The Morgan fingerprint density at radius 2 is 1.93 bits per heavy atom. The van der Waals surface area contributed by atoms with E-state index in [9.17, 15) is 14.4 Å². The largest absolute Gasteiger partial charge is 0.457 e. The van der Waals surface area contributed by atoms with E-state index in [1.807, 2.05) is 30.3 Å². The van der Waals surface area contributed by atoms with E-state index in [1.165, 1.54) is 10.9 Å². The Morgan fingerprint density at radius 3 is 2.67 bits per heavy atom. The molecule has 8 nitrogen and oxygen atoms in total. The fourth-order valence-electron chi connectivity index (χ4n) is 3.31.